The Morgan fingerprint density at radius 1 is 1.41 bits per heavy atom. The van der Waals surface area contributed by atoms with E-state index in [9.17, 15) is 4.79 Å². The van der Waals surface area contributed by atoms with Gasteiger partial charge in [0.25, 0.3) is 0 Å². The minimum Gasteiger partial charge on any atom is -0.480 e. The van der Waals surface area contributed by atoms with E-state index in [2.05, 4.69) is 24.2 Å². The summed E-state index contributed by atoms with van der Waals surface area (Å²) in [6.07, 6.45) is 2.28. The molecular weight excluding hydrogens is 216 g/mol. The molecule has 0 aliphatic carbocycles. The summed E-state index contributed by atoms with van der Waals surface area (Å²) < 4.78 is 0. The van der Waals surface area contributed by atoms with E-state index in [0.29, 0.717) is 0 Å². The van der Waals surface area contributed by atoms with E-state index in [4.69, 9.17) is 5.11 Å². The quantitative estimate of drug-likeness (QED) is 0.765. The number of nitrogens with one attached hydrogen (secondary N) is 1. The molecule has 0 bridgehead atoms. The second-order valence-electron chi connectivity index (χ2n) is 6.05. The minimum atomic E-state index is -0.739. The monoisotopic (exact) mass is 242 g/mol. The van der Waals surface area contributed by atoms with Gasteiger partial charge in [0.05, 0.1) is 0 Å². The van der Waals surface area contributed by atoms with E-state index in [1.807, 2.05) is 13.8 Å². The SMILES string of the molecule is CC(C)C(NCC1(C)CCN(C)CC1)C(=O)O. The fraction of sp³-hybridized carbons (Fsp3) is 0.923. The van der Waals surface area contributed by atoms with Crippen LogP contribution in [-0.4, -0.2) is 48.7 Å². The molecule has 1 aliphatic rings. The van der Waals surface area contributed by atoms with Crippen molar-refractivity contribution in [2.24, 2.45) is 11.3 Å². The number of likely N-dealkylation sites (tertiary alicyclic amines) is 1. The smallest absolute Gasteiger partial charge is 0.320 e. The van der Waals surface area contributed by atoms with Gasteiger partial charge in [0.2, 0.25) is 0 Å². The summed E-state index contributed by atoms with van der Waals surface area (Å²) in [5, 5.41) is 12.4. The Labute approximate surface area is 104 Å². The molecule has 0 aromatic carbocycles. The molecule has 1 saturated heterocycles. The normalized spacial score (nSPS) is 22.6. The molecule has 17 heavy (non-hydrogen) atoms. The Hall–Kier alpha value is -0.610. The summed E-state index contributed by atoms with van der Waals surface area (Å²) in [5.74, 6) is -0.612. The molecule has 0 aromatic heterocycles. The molecule has 0 radical (unpaired) electrons. The van der Waals surface area contributed by atoms with Gasteiger partial charge in [0, 0.05) is 6.54 Å². The highest BCUT2D eigenvalue weighted by molar-refractivity contribution is 5.73. The number of aliphatic carboxylic acids is 1. The first-order valence-corrected chi connectivity index (χ1v) is 6.49. The molecule has 2 N–H and O–H groups in total. The number of carbonyl (C=O) groups is 1. The fourth-order valence-electron chi connectivity index (χ4n) is 2.30. The second kappa shape index (κ2) is 5.83. The average molecular weight is 242 g/mol. The predicted octanol–water partition coefficient (Wildman–Crippen LogP) is 1.42. The first-order valence-electron chi connectivity index (χ1n) is 6.49. The summed E-state index contributed by atoms with van der Waals surface area (Å²) in [6, 6.07) is -0.425. The zero-order valence-corrected chi connectivity index (χ0v) is 11.5. The Morgan fingerprint density at radius 3 is 2.35 bits per heavy atom. The van der Waals surface area contributed by atoms with E-state index in [-0.39, 0.29) is 11.3 Å². The number of hydrogen-bond donors (Lipinski definition) is 2. The maximum absolute atomic E-state index is 11.1. The van der Waals surface area contributed by atoms with E-state index >= 15 is 0 Å². The average Bonchev–Trinajstić information content (AvgIpc) is 2.22. The molecule has 0 saturated carbocycles. The molecular formula is C13H26N2O2. The number of hydrogen-bond acceptors (Lipinski definition) is 3. The highest BCUT2D eigenvalue weighted by atomic mass is 16.4. The Bertz CT molecular complexity index is 258. The standard InChI is InChI=1S/C13H26N2O2/c1-10(2)11(12(16)17)14-9-13(3)5-7-15(4)8-6-13/h10-11,14H,5-9H2,1-4H3,(H,16,17). The largest absolute Gasteiger partial charge is 0.480 e. The van der Waals surface area contributed by atoms with Crippen molar-refractivity contribution >= 4 is 5.97 Å². The number of rotatable bonds is 5. The highest BCUT2D eigenvalue weighted by Gasteiger charge is 2.31. The lowest BCUT2D eigenvalue weighted by Crippen LogP contribution is -2.48. The summed E-state index contributed by atoms with van der Waals surface area (Å²) in [5.41, 5.74) is 0.245. The van der Waals surface area contributed by atoms with Gasteiger partial charge in [-0.1, -0.05) is 20.8 Å². The van der Waals surface area contributed by atoms with Crippen LogP contribution in [0.3, 0.4) is 0 Å². The molecule has 1 fully saturated rings. The molecule has 0 spiro atoms. The van der Waals surface area contributed by atoms with Crippen molar-refractivity contribution < 1.29 is 9.90 Å². The van der Waals surface area contributed by atoms with Crippen molar-refractivity contribution in [3.63, 3.8) is 0 Å². The zero-order valence-electron chi connectivity index (χ0n) is 11.5. The Kier molecular flexibility index (Phi) is 4.95. The van der Waals surface area contributed by atoms with Crippen molar-refractivity contribution in [3.8, 4) is 0 Å². The molecule has 1 rings (SSSR count). The van der Waals surface area contributed by atoms with Gasteiger partial charge in [0.15, 0.2) is 0 Å². The number of nitrogens with zero attached hydrogens (tertiary/aromatic N) is 1. The van der Waals surface area contributed by atoms with Gasteiger partial charge >= 0.3 is 5.97 Å². The van der Waals surface area contributed by atoms with Crippen LogP contribution >= 0.6 is 0 Å². The lowest BCUT2D eigenvalue weighted by atomic mass is 9.80. The van der Waals surface area contributed by atoms with Crippen molar-refractivity contribution in [1.82, 2.24) is 10.2 Å². The van der Waals surface area contributed by atoms with Gasteiger partial charge in [-0.25, -0.2) is 0 Å². The third-order valence-corrected chi connectivity index (χ3v) is 3.88. The van der Waals surface area contributed by atoms with Crippen molar-refractivity contribution in [1.29, 1.82) is 0 Å². The number of carboxylic acids is 1. The lowest BCUT2D eigenvalue weighted by molar-refractivity contribution is -0.140. The summed E-state index contributed by atoms with van der Waals surface area (Å²) in [4.78, 5) is 13.4. The molecule has 100 valence electrons. The molecule has 0 aromatic rings. The molecule has 4 nitrogen and oxygen atoms in total. The third kappa shape index (κ3) is 4.28. The lowest BCUT2D eigenvalue weighted by Gasteiger charge is -2.39. The predicted molar refractivity (Wildman–Crippen MR) is 69.1 cm³/mol. The molecule has 1 aliphatic heterocycles. The van der Waals surface area contributed by atoms with E-state index in [0.717, 1.165) is 32.5 Å². The number of carboxylic acid groups (broad SMARTS) is 1. The first kappa shape index (κ1) is 14.5. The van der Waals surface area contributed by atoms with Crippen LogP contribution in [0.1, 0.15) is 33.6 Å². The second-order valence-corrected chi connectivity index (χ2v) is 6.05. The zero-order chi connectivity index (χ0) is 13.1. The Morgan fingerprint density at radius 2 is 1.94 bits per heavy atom. The van der Waals surface area contributed by atoms with E-state index in [1.165, 1.54) is 0 Å². The fourth-order valence-corrected chi connectivity index (χ4v) is 2.30. The molecule has 0 amide bonds. The third-order valence-electron chi connectivity index (χ3n) is 3.88. The van der Waals surface area contributed by atoms with E-state index < -0.39 is 12.0 Å². The summed E-state index contributed by atoms with van der Waals surface area (Å²) in [7, 11) is 2.14. The molecule has 1 unspecified atom stereocenters. The Balaban J connectivity index is 2.45. The maximum Gasteiger partial charge on any atom is 0.320 e. The van der Waals surface area contributed by atoms with Crippen molar-refractivity contribution in [2.75, 3.05) is 26.7 Å². The van der Waals surface area contributed by atoms with Crippen molar-refractivity contribution in [2.45, 2.75) is 39.7 Å². The van der Waals surface area contributed by atoms with Crippen LogP contribution in [0.15, 0.2) is 0 Å². The van der Waals surface area contributed by atoms with Crippen LogP contribution in [0, 0.1) is 11.3 Å². The molecule has 4 heteroatoms. The highest BCUT2D eigenvalue weighted by Crippen LogP contribution is 2.29. The molecule has 1 atom stereocenters. The summed E-state index contributed by atoms with van der Waals surface area (Å²) in [6.45, 7) is 9.17. The van der Waals surface area contributed by atoms with Crippen LogP contribution in [-0.2, 0) is 4.79 Å². The van der Waals surface area contributed by atoms with Crippen LogP contribution in [0.25, 0.3) is 0 Å². The van der Waals surface area contributed by atoms with Gasteiger partial charge in [-0.15, -0.1) is 0 Å². The topological polar surface area (TPSA) is 52.6 Å². The van der Waals surface area contributed by atoms with Gasteiger partial charge < -0.3 is 15.3 Å². The minimum absolute atomic E-state index is 0.127. The van der Waals surface area contributed by atoms with E-state index in [1.54, 1.807) is 0 Å². The number of piperidine rings is 1. The summed E-state index contributed by atoms with van der Waals surface area (Å²) >= 11 is 0. The van der Waals surface area contributed by atoms with Crippen molar-refractivity contribution in [3.05, 3.63) is 0 Å². The van der Waals surface area contributed by atoms with Gasteiger partial charge in [-0.05, 0) is 44.3 Å². The van der Waals surface area contributed by atoms with Gasteiger partial charge in [-0.3, -0.25) is 4.79 Å². The van der Waals surface area contributed by atoms with Gasteiger partial charge in [0.1, 0.15) is 6.04 Å². The van der Waals surface area contributed by atoms with Gasteiger partial charge in [-0.2, -0.15) is 0 Å². The molecule has 1 heterocycles. The maximum atomic E-state index is 11.1. The first-order chi connectivity index (χ1) is 7.84. The van der Waals surface area contributed by atoms with Crippen LogP contribution in [0.4, 0.5) is 0 Å². The van der Waals surface area contributed by atoms with Crippen LogP contribution in [0.2, 0.25) is 0 Å². The van der Waals surface area contributed by atoms with Crippen LogP contribution in [0.5, 0.6) is 0 Å². The van der Waals surface area contributed by atoms with Crippen LogP contribution < -0.4 is 5.32 Å².